The molecule has 2 nitrogen and oxygen atoms in total. The Balaban J connectivity index is 2.23. The summed E-state index contributed by atoms with van der Waals surface area (Å²) in [6.07, 6.45) is 1.88. The summed E-state index contributed by atoms with van der Waals surface area (Å²) in [7, 11) is 1.50. The Labute approximate surface area is 55.0 Å². The van der Waals surface area contributed by atoms with E-state index in [-0.39, 0.29) is 6.04 Å². The van der Waals surface area contributed by atoms with Gasteiger partial charge in [-0.15, -0.1) is 9.60 Å². The summed E-state index contributed by atoms with van der Waals surface area (Å²) in [6.45, 7) is 1.91. The van der Waals surface area contributed by atoms with E-state index in [1.807, 2.05) is 0 Å². The van der Waals surface area contributed by atoms with Gasteiger partial charge in [0, 0.05) is 13.1 Å². The zero-order valence-electron chi connectivity index (χ0n) is 5.73. The van der Waals surface area contributed by atoms with E-state index in [1.54, 1.807) is 0 Å². The smallest absolute Gasteiger partial charge is 0.0423 e. The van der Waals surface area contributed by atoms with Crippen molar-refractivity contribution in [1.82, 2.24) is 10.4 Å². The SMILES string of the molecule is CN(F)C1CCNCC1. The fourth-order valence-electron chi connectivity index (χ4n) is 1.16. The predicted octanol–water partition coefficient (Wildman–Crippen LogP) is 0.555. The van der Waals surface area contributed by atoms with Crippen molar-refractivity contribution in [2.24, 2.45) is 0 Å². The number of hydrogen-bond acceptors (Lipinski definition) is 2. The average molecular weight is 132 g/mol. The van der Waals surface area contributed by atoms with Gasteiger partial charge >= 0.3 is 0 Å². The molecule has 1 rings (SSSR count). The molecule has 0 amide bonds. The predicted molar refractivity (Wildman–Crippen MR) is 34.8 cm³/mol. The Morgan fingerprint density at radius 1 is 1.44 bits per heavy atom. The highest BCUT2D eigenvalue weighted by Gasteiger charge is 2.16. The maximum absolute atomic E-state index is 12.4. The molecule has 1 heterocycles. The summed E-state index contributed by atoms with van der Waals surface area (Å²) in [5.74, 6) is 0. The van der Waals surface area contributed by atoms with E-state index in [4.69, 9.17) is 0 Å². The van der Waals surface area contributed by atoms with Gasteiger partial charge in [0.25, 0.3) is 0 Å². The van der Waals surface area contributed by atoms with E-state index in [0.717, 1.165) is 31.1 Å². The van der Waals surface area contributed by atoms with Crippen molar-refractivity contribution < 1.29 is 4.48 Å². The molecule has 0 radical (unpaired) electrons. The maximum atomic E-state index is 12.4. The first-order valence-electron chi connectivity index (χ1n) is 3.40. The molecule has 54 valence electrons. The third kappa shape index (κ3) is 1.91. The van der Waals surface area contributed by atoms with Gasteiger partial charge in [-0.2, -0.15) is 0 Å². The molecule has 0 aliphatic carbocycles. The summed E-state index contributed by atoms with van der Waals surface area (Å²) in [4.78, 5) is 0. The molecule has 9 heavy (non-hydrogen) atoms. The van der Waals surface area contributed by atoms with E-state index in [2.05, 4.69) is 5.32 Å². The van der Waals surface area contributed by atoms with Crippen LogP contribution in [0.4, 0.5) is 4.48 Å². The highest BCUT2D eigenvalue weighted by Crippen LogP contribution is 2.08. The number of halogens is 1. The number of piperidine rings is 1. The summed E-state index contributed by atoms with van der Waals surface area (Å²) >= 11 is 0. The van der Waals surface area contributed by atoms with Crippen LogP contribution in [-0.4, -0.2) is 31.3 Å². The summed E-state index contributed by atoms with van der Waals surface area (Å²) in [5, 5.41) is 4.00. The van der Waals surface area contributed by atoms with Gasteiger partial charge in [-0.25, -0.2) is 0 Å². The van der Waals surface area contributed by atoms with Crippen LogP contribution in [0.5, 0.6) is 0 Å². The quantitative estimate of drug-likeness (QED) is 0.524. The first-order valence-corrected chi connectivity index (χ1v) is 3.40. The molecule has 0 atom stereocenters. The monoisotopic (exact) mass is 132 g/mol. The van der Waals surface area contributed by atoms with Crippen molar-refractivity contribution >= 4 is 0 Å². The average Bonchev–Trinajstić information content (AvgIpc) is 1.90. The molecule has 1 N–H and O–H groups in total. The Morgan fingerprint density at radius 2 is 2.00 bits per heavy atom. The highest BCUT2D eigenvalue weighted by molar-refractivity contribution is 4.71. The van der Waals surface area contributed by atoms with Crippen LogP contribution in [0.15, 0.2) is 0 Å². The number of hydrogen-bond donors (Lipinski definition) is 1. The standard InChI is InChI=1S/C6H13FN2/c1-9(7)6-2-4-8-5-3-6/h6,8H,2-5H2,1H3. The minimum atomic E-state index is 0.159. The van der Waals surface area contributed by atoms with Crippen molar-refractivity contribution in [3.05, 3.63) is 0 Å². The van der Waals surface area contributed by atoms with Crippen LogP contribution in [0, 0.1) is 0 Å². The molecule has 1 aliphatic rings. The van der Waals surface area contributed by atoms with Crippen LogP contribution < -0.4 is 5.32 Å². The molecule has 1 fully saturated rings. The molecule has 0 aromatic carbocycles. The number of nitrogens with zero attached hydrogens (tertiary/aromatic N) is 1. The van der Waals surface area contributed by atoms with Gasteiger partial charge in [0.1, 0.15) is 0 Å². The summed E-state index contributed by atoms with van der Waals surface area (Å²) < 4.78 is 12.4. The van der Waals surface area contributed by atoms with Crippen LogP contribution >= 0.6 is 0 Å². The van der Waals surface area contributed by atoms with Crippen molar-refractivity contribution in [2.45, 2.75) is 18.9 Å². The lowest BCUT2D eigenvalue weighted by Crippen LogP contribution is -2.37. The van der Waals surface area contributed by atoms with Crippen molar-refractivity contribution in [3.63, 3.8) is 0 Å². The lowest BCUT2D eigenvalue weighted by Gasteiger charge is -2.24. The molecule has 0 aromatic heterocycles. The van der Waals surface area contributed by atoms with Gasteiger partial charge in [0.15, 0.2) is 0 Å². The molecular weight excluding hydrogens is 119 g/mol. The molecule has 0 aromatic rings. The summed E-state index contributed by atoms with van der Waals surface area (Å²) in [6, 6.07) is 0.159. The highest BCUT2D eigenvalue weighted by atomic mass is 19.2. The van der Waals surface area contributed by atoms with E-state index in [1.165, 1.54) is 7.05 Å². The Hall–Kier alpha value is -0.150. The van der Waals surface area contributed by atoms with E-state index >= 15 is 0 Å². The first kappa shape index (κ1) is 6.96. The molecule has 1 aliphatic heterocycles. The molecule has 3 heteroatoms. The van der Waals surface area contributed by atoms with Crippen LogP contribution in [0.2, 0.25) is 0 Å². The second-order valence-corrected chi connectivity index (χ2v) is 2.51. The van der Waals surface area contributed by atoms with E-state index in [9.17, 15) is 4.48 Å². The van der Waals surface area contributed by atoms with Gasteiger partial charge in [-0.3, -0.25) is 0 Å². The number of rotatable bonds is 1. The molecule has 0 unspecified atom stereocenters. The third-order valence-corrected chi connectivity index (χ3v) is 1.81. The second-order valence-electron chi connectivity index (χ2n) is 2.51. The molecule has 1 saturated heterocycles. The minimum absolute atomic E-state index is 0.159. The molecule has 0 spiro atoms. The zero-order chi connectivity index (χ0) is 6.69. The minimum Gasteiger partial charge on any atom is -0.317 e. The lowest BCUT2D eigenvalue weighted by atomic mass is 10.1. The van der Waals surface area contributed by atoms with Crippen molar-refractivity contribution in [3.8, 4) is 0 Å². The van der Waals surface area contributed by atoms with Crippen LogP contribution in [-0.2, 0) is 0 Å². The Kier molecular flexibility index (Phi) is 2.42. The Morgan fingerprint density at radius 3 is 2.33 bits per heavy atom. The van der Waals surface area contributed by atoms with Crippen LogP contribution in [0.25, 0.3) is 0 Å². The molecule has 0 saturated carbocycles. The molecule has 0 bridgehead atoms. The first-order chi connectivity index (χ1) is 4.30. The summed E-state index contributed by atoms with van der Waals surface area (Å²) in [5.41, 5.74) is 0. The third-order valence-electron chi connectivity index (χ3n) is 1.81. The van der Waals surface area contributed by atoms with Gasteiger partial charge in [0.05, 0.1) is 0 Å². The lowest BCUT2D eigenvalue weighted by molar-refractivity contribution is -0.00375. The fraction of sp³-hybridized carbons (Fsp3) is 1.00. The van der Waals surface area contributed by atoms with Gasteiger partial charge in [-0.1, -0.05) is 0 Å². The van der Waals surface area contributed by atoms with Gasteiger partial charge in [0.2, 0.25) is 0 Å². The Bertz CT molecular complexity index is 79.1. The van der Waals surface area contributed by atoms with Crippen molar-refractivity contribution in [2.75, 3.05) is 20.1 Å². The van der Waals surface area contributed by atoms with E-state index < -0.39 is 0 Å². The van der Waals surface area contributed by atoms with Gasteiger partial charge < -0.3 is 5.32 Å². The maximum Gasteiger partial charge on any atom is 0.0423 e. The van der Waals surface area contributed by atoms with Gasteiger partial charge in [-0.05, 0) is 25.9 Å². The molecular formula is C6H13FN2. The van der Waals surface area contributed by atoms with Crippen molar-refractivity contribution in [1.29, 1.82) is 0 Å². The normalized spacial score (nSPS) is 23.0. The van der Waals surface area contributed by atoms with Crippen LogP contribution in [0.1, 0.15) is 12.8 Å². The largest absolute Gasteiger partial charge is 0.317 e. The second kappa shape index (κ2) is 3.13. The topological polar surface area (TPSA) is 15.3 Å². The van der Waals surface area contributed by atoms with Crippen LogP contribution in [0.3, 0.4) is 0 Å². The number of nitrogens with one attached hydrogen (secondary N) is 1. The zero-order valence-corrected chi connectivity index (χ0v) is 5.73. The van der Waals surface area contributed by atoms with E-state index in [0.29, 0.717) is 0 Å². The fourth-order valence-corrected chi connectivity index (χ4v) is 1.16.